The maximum absolute atomic E-state index is 12.2. The number of hydrogen-bond acceptors (Lipinski definition) is 4. The van der Waals surface area contributed by atoms with Crippen LogP contribution in [0.15, 0.2) is 47.8 Å². The van der Waals surface area contributed by atoms with Crippen LogP contribution >= 0.6 is 11.6 Å². The average Bonchev–Trinajstić information content (AvgIpc) is 2.92. The van der Waals surface area contributed by atoms with Gasteiger partial charge in [0, 0.05) is 22.8 Å². The number of rotatable bonds is 3. The van der Waals surface area contributed by atoms with Crippen LogP contribution in [0.3, 0.4) is 0 Å². The van der Waals surface area contributed by atoms with Gasteiger partial charge in [-0.3, -0.25) is 14.8 Å². The van der Waals surface area contributed by atoms with E-state index >= 15 is 0 Å². The molecule has 8 heteroatoms. The van der Waals surface area contributed by atoms with E-state index < -0.39 is 10.0 Å². The number of H-pyrrole nitrogens is 1. The van der Waals surface area contributed by atoms with Crippen LogP contribution in [0.4, 0.5) is 5.69 Å². The summed E-state index contributed by atoms with van der Waals surface area (Å²) in [5, 5.41) is 7.26. The number of halogens is 1. The lowest BCUT2D eigenvalue weighted by Gasteiger charge is -2.09. The second kappa shape index (κ2) is 4.77. The van der Waals surface area contributed by atoms with Gasteiger partial charge in [-0.2, -0.15) is 5.10 Å². The second-order valence-corrected chi connectivity index (χ2v) is 6.19. The Morgan fingerprint density at radius 2 is 2.15 bits per heavy atom. The number of anilines is 1. The number of hydrogen-bond donors (Lipinski definition) is 2. The molecule has 0 aliphatic carbocycles. The molecule has 0 saturated carbocycles. The number of aromatic amines is 1. The summed E-state index contributed by atoms with van der Waals surface area (Å²) in [6.07, 6.45) is 4.11. The molecule has 102 valence electrons. The van der Waals surface area contributed by atoms with Crippen LogP contribution in [0, 0.1) is 0 Å². The van der Waals surface area contributed by atoms with Gasteiger partial charge >= 0.3 is 0 Å². The SMILES string of the molecule is O=S(=O)(Nc1cc(Cl)cc2cccnc12)c1cn[nH]c1. The zero-order valence-electron chi connectivity index (χ0n) is 10.0. The molecule has 0 fully saturated rings. The topological polar surface area (TPSA) is 87.7 Å². The van der Waals surface area contributed by atoms with Crippen molar-refractivity contribution >= 4 is 38.2 Å². The Bertz CT molecular complexity index is 862. The highest BCUT2D eigenvalue weighted by Crippen LogP contribution is 2.27. The Kier molecular flexibility index (Phi) is 3.07. The van der Waals surface area contributed by atoms with Crippen LogP contribution in [0.5, 0.6) is 0 Å². The molecule has 0 bridgehead atoms. The number of sulfonamides is 1. The number of aromatic nitrogens is 3. The summed E-state index contributed by atoms with van der Waals surface area (Å²) in [7, 11) is -3.72. The largest absolute Gasteiger partial charge is 0.284 e. The van der Waals surface area contributed by atoms with E-state index in [2.05, 4.69) is 19.9 Å². The average molecular weight is 309 g/mol. The Balaban J connectivity index is 2.12. The van der Waals surface area contributed by atoms with Crippen LogP contribution in [0.2, 0.25) is 5.02 Å². The number of nitrogens with zero attached hydrogens (tertiary/aromatic N) is 2. The molecule has 6 nitrogen and oxygen atoms in total. The normalized spacial score (nSPS) is 11.7. The number of benzene rings is 1. The van der Waals surface area contributed by atoms with Crippen molar-refractivity contribution < 1.29 is 8.42 Å². The quantitative estimate of drug-likeness (QED) is 0.777. The van der Waals surface area contributed by atoms with Crippen LogP contribution < -0.4 is 4.72 Å². The van der Waals surface area contributed by atoms with Gasteiger partial charge in [0.25, 0.3) is 10.0 Å². The van der Waals surface area contributed by atoms with E-state index in [1.165, 1.54) is 18.5 Å². The first kappa shape index (κ1) is 12.9. The van der Waals surface area contributed by atoms with E-state index in [0.717, 1.165) is 5.39 Å². The van der Waals surface area contributed by atoms with Crippen molar-refractivity contribution in [3.8, 4) is 0 Å². The van der Waals surface area contributed by atoms with Crippen molar-refractivity contribution in [2.45, 2.75) is 4.90 Å². The molecule has 0 atom stereocenters. The third kappa shape index (κ3) is 2.33. The molecule has 0 spiro atoms. The van der Waals surface area contributed by atoms with Gasteiger partial charge in [0.1, 0.15) is 4.90 Å². The molecule has 0 radical (unpaired) electrons. The fourth-order valence-corrected chi connectivity index (χ4v) is 3.01. The third-order valence-corrected chi connectivity index (χ3v) is 4.25. The zero-order valence-corrected chi connectivity index (χ0v) is 11.6. The van der Waals surface area contributed by atoms with Crippen molar-refractivity contribution in [2.24, 2.45) is 0 Å². The maximum atomic E-state index is 12.2. The summed E-state index contributed by atoms with van der Waals surface area (Å²) >= 11 is 6.00. The summed E-state index contributed by atoms with van der Waals surface area (Å²) in [6, 6.07) is 6.81. The highest BCUT2D eigenvalue weighted by Gasteiger charge is 2.17. The molecule has 20 heavy (non-hydrogen) atoms. The van der Waals surface area contributed by atoms with Crippen molar-refractivity contribution in [3.05, 3.63) is 47.9 Å². The Morgan fingerprint density at radius 3 is 2.90 bits per heavy atom. The number of nitrogens with one attached hydrogen (secondary N) is 2. The molecule has 0 amide bonds. The van der Waals surface area contributed by atoms with Gasteiger partial charge in [-0.25, -0.2) is 8.42 Å². The molecular formula is C12H9ClN4O2S. The van der Waals surface area contributed by atoms with Crippen LogP contribution in [-0.2, 0) is 10.0 Å². The van der Waals surface area contributed by atoms with Crippen molar-refractivity contribution in [1.29, 1.82) is 0 Å². The molecule has 3 aromatic rings. The van der Waals surface area contributed by atoms with Gasteiger partial charge in [-0.15, -0.1) is 0 Å². The second-order valence-electron chi connectivity index (χ2n) is 4.07. The van der Waals surface area contributed by atoms with Gasteiger partial charge < -0.3 is 0 Å². The first-order valence-corrected chi connectivity index (χ1v) is 7.48. The van der Waals surface area contributed by atoms with Gasteiger partial charge in [0.05, 0.1) is 17.4 Å². The first-order chi connectivity index (χ1) is 9.56. The molecule has 2 heterocycles. The smallest absolute Gasteiger partial charge is 0.265 e. The minimum atomic E-state index is -3.72. The van der Waals surface area contributed by atoms with Crippen LogP contribution in [0.1, 0.15) is 0 Å². The van der Waals surface area contributed by atoms with Crippen molar-refractivity contribution in [3.63, 3.8) is 0 Å². The van der Waals surface area contributed by atoms with E-state index in [0.29, 0.717) is 16.2 Å². The molecule has 0 saturated heterocycles. The molecular weight excluding hydrogens is 300 g/mol. The Hall–Kier alpha value is -2.12. The van der Waals surface area contributed by atoms with Crippen molar-refractivity contribution in [1.82, 2.24) is 15.2 Å². The molecule has 0 aliphatic rings. The minimum Gasteiger partial charge on any atom is -0.284 e. The van der Waals surface area contributed by atoms with E-state index in [4.69, 9.17) is 11.6 Å². The fraction of sp³-hybridized carbons (Fsp3) is 0. The standard InChI is InChI=1S/C12H9ClN4O2S/c13-9-4-8-2-1-3-14-12(8)11(5-9)17-20(18,19)10-6-15-16-7-10/h1-7,17H,(H,15,16). The lowest BCUT2D eigenvalue weighted by Crippen LogP contribution is -2.12. The summed E-state index contributed by atoms with van der Waals surface area (Å²) in [5.41, 5.74) is 0.860. The summed E-state index contributed by atoms with van der Waals surface area (Å²) in [6.45, 7) is 0. The van der Waals surface area contributed by atoms with Crippen LogP contribution in [0.25, 0.3) is 10.9 Å². The van der Waals surface area contributed by atoms with Gasteiger partial charge in [0.15, 0.2) is 0 Å². The highest BCUT2D eigenvalue weighted by molar-refractivity contribution is 7.92. The monoisotopic (exact) mass is 308 g/mol. The fourth-order valence-electron chi connectivity index (χ4n) is 1.82. The van der Waals surface area contributed by atoms with Crippen molar-refractivity contribution in [2.75, 3.05) is 4.72 Å². The maximum Gasteiger partial charge on any atom is 0.265 e. The van der Waals surface area contributed by atoms with E-state index in [1.807, 2.05) is 6.07 Å². The lowest BCUT2D eigenvalue weighted by molar-refractivity contribution is 0.601. The molecule has 0 aliphatic heterocycles. The molecule has 2 N–H and O–H groups in total. The number of fused-ring (bicyclic) bond motifs is 1. The molecule has 2 aromatic heterocycles. The summed E-state index contributed by atoms with van der Waals surface area (Å²) < 4.78 is 26.8. The van der Waals surface area contributed by atoms with Gasteiger partial charge in [-0.05, 0) is 18.2 Å². The third-order valence-electron chi connectivity index (χ3n) is 2.70. The molecule has 3 rings (SSSR count). The zero-order chi connectivity index (χ0) is 14.2. The van der Waals surface area contributed by atoms with E-state index in [1.54, 1.807) is 18.3 Å². The lowest BCUT2D eigenvalue weighted by atomic mass is 10.2. The van der Waals surface area contributed by atoms with Crippen LogP contribution in [-0.4, -0.2) is 23.6 Å². The highest BCUT2D eigenvalue weighted by atomic mass is 35.5. The Labute approximate surface area is 119 Å². The van der Waals surface area contributed by atoms with Gasteiger partial charge in [-0.1, -0.05) is 17.7 Å². The molecule has 0 unspecified atom stereocenters. The predicted octanol–water partition coefficient (Wildman–Crippen LogP) is 2.41. The molecule has 1 aromatic carbocycles. The summed E-state index contributed by atoms with van der Waals surface area (Å²) in [4.78, 5) is 4.22. The number of pyridine rings is 1. The van der Waals surface area contributed by atoms with Gasteiger partial charge in [0.2, 0.25) is 0 Å². The van der Waals surface area contributed by atoms with E-state index in [-0.39, 0.29) is 4.90 Å². The first-order valence-electron chi connectivity index (χ1n) is 5.62. The van der Waals surface area contributed by atoms with E-state index in [9.17, 15) is 8.42 Å². The minimum absolute atomic E-state index is 0.0431. The predicted molar refractivity (Wildman–Crippen MR) is 76.1 cm³/mol. The Morgan fingerprint density at radius 1 is 1.30 bits per heavy atom. The summed E-state index contributed by atoms with van der Waals surface area (Å²) in [5.74, 6) is 0.